The van der Waals surface area contributed by atoms with E-state index in [1.54, 1.807) is 6.07 Å². The Balaban J connectivity index is 1.67. The number of benzene rings is 1. The Bertz CT molecular complexity index is 621. The number of hydrogen-bond donors (Lipinski definition) is 1. The van der Waals surface area contributed by atoms with Gasteiger partial charge in [0, 0.05) is 12.1 Å². The standard InChI is InChI=1S/C13H12N2O4/c16-15(17)13-4-2-11(19-13)8-14-10-1-3-12-9(7-10)5-6-18-12/h1-4,7,14H,5-6,8H2. The summed E-state index contributed by atoms with van der Waals surface area (Å²) in [5.74, 6) is 1.22. The van der Waals surface area contributed by atoms with Crippen LogP contribution < -0.4 is 10.1 Å². The Labute approximate surface area is 109 Å². The number of fused-ring (bicyclic) bond motifs is 1. The zero-order valence-corrected chi connectivity index (χ0v) is 10.1. The van der Waals surface area contributed by atoms with Crippen molar-refractivity contribution in [2.24, 2.45) is 0 Å². The van der Waals surface area contributed by atoms with E-state index in [-0.39, 0.29) is 5.88 Å². The van der Waals surface area contributed by atoms with Crippen LogP contribution in [0, 0.1) is 10.1 Å². The van der Waals surface area contributed by atoms with Crippen LogP contribution in [-0.4, -0.2) is 11.5 Å². The van der Waals surface area contributed by atoms with Gasteiger partial charge in [-0.15, -0.1) is 0 Å². The van der Waals surface area contributed by atoms with Crippen molar-refractivity contribution in [2.45, 2.75) is 13.0 Å². The quantitative estimate of drug-likeness (QED) is 0.675. The van der Waals surface area contributed by atoms with Gasteiger partial charge in [-0.2, -0.15) is 0 Å². The zero-order valence-electron chi connectivity index (χ0n) is 10.1. The second-order valence-corrected chi connectivity index (χ2v) is 4.27. The van der Waals surface area contributed by atoms with Crippen LogP contribution in [0.1, 0.15) is 11.3 Å². The van der Waals surface area contributed by atoms with Gasteiger partial charge in [0.05, 0.1) is 19.2 Å². The van der Waals surface area contributed by atoms with E-state index in [4.69, 9.17) is 9.15 Å². The predicted molar refractivity (Wildman–Crippen MR) is 68.3 cm³/mol. The number of hydrogen-bond acceptors (Lipinski definition) is 5. The molecule has 19 heavy (non-hydrogen) atoms. The summed E-state index contributed by atoms with van der Waals surface area (Å²) in [6.07, 6.45) is 0.914. The molecule has 1 aliphatic rings. The molecule has 2 aromatic rings. The molecule has 2 heterocycles. The van der Waals surface area contributed by atoms with Crippen LogP contribution >= 0.6 is 0 Å². The van der Waals surface area contributed by atoms with Gasteiger partial charge in [0.15, 0.2) is 0 Å². The third kappa shape index (κ3) is 2.37. The third-order valence-corrected chi connectivity index (χ3v) is 2.98. The number of nitrogens with one attached hydrogen (secondary N) is 1. The summed E-state index contributed by atoms with van der Waals surface area (Å²) in [7, 11) is 0. The van der Waals surface area contributed by atoms with Gasteiger partial charge < -0.3 is 14.5 Å². The summed E-state index contributed by atoms with van der Waals surface area (Å²) in [5, 5.41) is 13.7. The number of nitrogens with zero attached hydrogens (tertiary/aromatic N) is 1. The van der Waals surface area contributed by atoms with E-state index in [1.807, 2.05) is 18.2 Å². The molecule has 0 aliphatic carbocycles. The average molecular weight is 260 g/mol. The molecule has 0 spiro atoms. The first kappa shape index (κ1) is 11.6. The summed E-state index contributed by atoms with van der Waals surface area (Å²) >= 11 is 0. The van der Waals surface area contributed by atoms with E-state index < -0.39 is 4.92 Å². The highest BCUT2D eigenvalue weighted by Gasteiger charge is 2.13. The van der Waals surface area contributed by atoms with Gasteiger partial charge in [-0.05, 0) is 29.8 Å². The average Bonchev–Trinajstić information content (AvgIpc) is 3.04. The monoisotopic (exact) mass is 260 g/mol. The van der Waals surface area contributed by atoms with Gasteiger partial charge in [-0.25, -0.2) is 0 Å². The van der Waals surface area contributed by atoms with Crippen LogP contribution in [0.3, 0.4) is 0 Å². The summed E-state index contributed by atoms with van der Waals surface area (Å²) in [5.41, 5.74) is 2.12. The third-order valence-electron chi connectivity index (χ3n) is 2.98. The topological polar surface area (TPSA) is 77.5 Å². The van der Waals surface area contributed by atoms with Crippen LogP contribution in [0.5, 0.6) is 5.75 Å². The van der Waals surface area contributed by atoms with Gasteiger partial charge in [0.1, 0.15) is 16.4 Å². The van der Waals surface area contributed by atoms with Crippen LogP contribution in [-0.2, 0) is 13.0 Å². The summed E-state index contributed by atoms with van der Waals surface area (Å²) < 4.78 is 10.5. The van der Waals surface area contributed by atoms with Crippen molar-refractivity contribution in [3.8, 4) is 5.75 Å². The first-order valence-electron chi connectivity index (χ1n) is 5.95. The highest BCUT2D eigenvalue weighted by Crippen LogP contribution is 2.28. The predicted octanol–water partition coefficient (Wildman–Crippen LogP) is 2.73. The van der Waals surface area contributed by atoms with Crippen molar-refractivity contribution < 1.29 is 14.1 Å². The van der Waals surface area contributed by atoms with E-state index >= 15 is 0 Å². The van der Waals surface area contributed by atoms with Crippen molar-refractivity contribution in [1.29, 1.82) is 0 Å². The molecule has 0 bridgehead atoms. The molecule has 98 valence electrons. The second kappa shape index (κ2) is 4.64. The van der Waals surface area contributed by atoms with Gasteiger partial charge in [-0.3, -0.25) is 10.1 Å². The van der Waals surface area contributed by atoms with E-state index in [2.05, 4.69) is 5.32 Å². The summed E-state index contributed by atoms with van der Waals surface area (Å²) in [4.78, 5) is 9.95. The van der Waals surface area contributed by atoms with E-state index in [0.29, 0.717) is 12.3 Å². The minimum absolute atomic E-state index is 0.237. The van der Waals surface area contributed by atoms with Crippen LogP contribution in [0.25, 0.3) is 0 Å². The smallest absolute Gasteiger partial charge is 0.433 e. The number of anilines is 1. The molecule has 0 amide bonds. The molecule has 0 saturated carbocycles. The number of ether oxygens (including phenoxy) is 1. The highest BCUT2D eigenvalue weighted by atomic mass is 16.6. The summed E-state index contributed by atoms with van der Waals surface area (Å²) in [6, 6.07) is 8.83. The van der Waals surface area contributed by atoms with Crippen LogP contribution in [0.2, 0.25) is 0 Å². The summed E-state index contributed by atoms with van der Waals surface area (Å²) in [6.45, 7) is 1.14. The lowest BCUT2D eigenvalue weighted by Crippen LogP contribution is -1.98. The SMILES string of the molecule is O=[N+]([O-])c1ccc(CNc2ccc3c(c2)CCO3)o1. The van der Waals surface area contributed by atoms with Crippen molar-refractivity contribution in [1.82, 2.24) is 0 Å². The molecule has 6 nitrogen and oxygen atoms in total. The Morgan fingerprint density at radius 2 is 2.21 bits per heavy atom. The van der Waals surface area contributed by atoms with Crippen molar-refractivity contribution >= 4 is 11.6 Å². The lowest BCUT2D eigenvalue weighted by molar-refractivity contribution is -0.402. The number of nitro groups is 1. The molecule has 1 aliphatic heterocycles. The Hall–Kier alpha value is -2.50. The molecule has 3 rings (SSSR count). The fraction of sp³-hybridized carbons (Fsp3) is 0.231. The second-order valence-electron chi connectivity index (χ2n) is 4.27. The molecule has 0 saturated heterocycles. The Morgan fingerprint density at radius 3 is 3.00 bits per heavy atom. The Morgan fingerprint density at radius 1 is 1.32 bits per heavy atom. The fourth-order valence-corrected chi connectivity index (χ4v) is 2.05. The Kier molecular flexibility index (Phi) is 2.83. The van der Waals surface area contributed by atoms with Gasteiger partial charge in [0.25, 0.3) is 0 Å². The zero-order chi connectivity index (χ0) is 13.2. The highest BCUT2D eigenvalue weighted by molar-refractivity contribution is 5.52. The molecular weight excluding hydrogens is 248 g/mol. The normalized spacial score (nSPS) is 12.8. The maximum absolute atomic E-state index is 10.5. The lowest BCUT2D eigenvalue weighted by Gasteiger charge is -2.06. The minimum Gasteiger partial charge on any atom is -0.493 e. The molecule has 0 unspecified atom stereocenters. The van der Waals surface area contributed by atoms with Crippen molar-refractivity contribution in [3.05, 3.63) is 51.8 Å². The van der Waals surface area contributed by atoms with E-state index in [9.17, 15) is 10.1 Å². The fourth-order valence-electron chi connectivity index (χ4n) is 2.05. The molecule has 6 heteroatoms. The molecule has 1 N–H and O–H groups in total. The maximum atomic E-state index is 10.5. The first-order chi connectivity index (χ1) is 9.22. The van der Waals surface area contributed by atoms with Crippen molar-refractivity contribution in [3.63, 3.8) is 0 Å². The van der Waals surface area contributed by atoms with Crippen LogP contribution in [0.4, 0.5) is 11.6 Å². The largest absolute Gasteiger partial charge is 0.493 e. The van der Waals surface area contributed by atoms with E-state index in [1.165, 1.54) is 11.6 Å². The van der Waals surface area contributed by atoms with Crippen LogP contribution in [0.15, 0.2) is 34.7 Å². The first-order valence-corrected chi connectivity index (χ1v) is 5.95. The molecule has 0 fully saturated rings. The maximum Gasteiger partial charge on any atom is 0.433 e. The number of furan rings is 1. The van der Waals surface area contributed by atoms with Gasteiger partial charge in [-0.1, -0.05) is 0 Å². The number of rotatable bonds is 4. The molecule has 0 radical (unpaired) electrons. The molecule has 0 atom stereocenters. The minimum atomic E-state index is -0.545. The van der Waals surface area contributed by atoms with E-state index in [0.717, 1.165) is 24.5 Å². The molecule has 1 aromatic heterocycles. The van der Waals surface area contributed by atoms with Gasteiger partial charge >= 0.3 is 5.88 Å². The molecular formula is C13H12N2O4. The molecule has 1 aromatic carbocycles. The van der Waals surface area contributed by atoms with Gasteiger partial charge in [0.2, 0.25) is 0 Å². The van der Waals surface area contributed by atoms with Crippen molar-refractivity contribution in [2.75, 3.05) is 11.9 Å². The lowest BCUT2D eigenvalue weighted by atomic mass is 10.1.